The summed E-state index contributed by atoms with van der Waals surface area (Å²) in [5, 5.41) is 0. The maximum Gasteiger partial charge on any atom is 0.0450 e. The van der Waals surface area contributed by atoms with Crippen LogP contribution < -0.4 is 5.73 Å². The van der Waals surface area contributed by atoms with Gasteiger partial charge in [0.2, 0.25) is 0 Å². The number of nitrogens with two attached hydrogens (primary N) is 1. The van der Waals surface area contributed by atoms with Crippen molar-refractivity contribution in [1.29, 1.82) is 0 Å². The third kappa shape index (κ3) is 3.32. The smallest absolute Gasteiger partial charge is 0.0450 e. The minimum Gasteiger partial charge on any atom is -0.327 e. The fourth-order valence-electron chi connectivity index (χ4n) is 3.29. The lowest BCUT2D eigenvalue weighted by molar-refractivity contribution is 0.268. The molecule has 1 aliphatic carbocycles. The molecule has 2 nitrogen and oxygen atoms in total. The molecule has 2 rings (SSSR count). The maximum absolute atomic E-state index is 6.57. The third-order valence-corrected chi connectivity index (χ3v) is 4.33. The molecule has 2 N–H and O–H groups in total. The molecule has 1 fully saturated rings. The number of rotatable bonds is 5. The molecule has 0 saturated heterocycles. The monoisotopic (exact) mass is 246 g/mol. The van der Waals surface area contributed by atoms with Crippen molar-refractivity contribution in [2.24, 2.45) is 11.7 Å². The molecular weight excluding hydrogens is 220 g/mol. The molecule has 0 amide bonds. The van der Waals surface area contributed by atoms with Crippen LogP contribution in [0.3, 0.4) is 0 Å². The van der Waals surface area contributed by atoms with Crippen LogP contribution in [0.15, 0.2) is 24.4 Å². The first-order valence-corrected chi connectivity index (χ1v) is 7.49. The highest BCUT2D eigenvalue weighted by molar-refractivity contribution is 5.12. The van der Waals surface area contributed by atoms with E-state index in [4.69, 9.17) is 5.73 Å². The number of hydrogen-bond donors (Lipinski definition) is 1. The minimum absolute atomic E-state index is 0.292. The number of aromatic nitrogens is 1. The first-order chi connectivity index (χ1) is 8.83. The van der Waals surface area contributed by atoms with E-state index in [0.717, 1.165) is 6.42 Å². The second-order valence-electron chi connectivity index (χ2n) is 5.63. The van der Waals surface area contributed by atoms with Crippen molar-refractivity contribution in [2.45, 2.75) is 63.8 Å². The zero-order chi connectivity index (χ0) is 12.8. The fourth-order valence-corrected chi connectivity index (χ4v) is 3.29. The van der Waals surface area contributed by atoms with Gasteiger partial charge in [0, 0.05) is 23.9 Å². The summed E-state index contributed by atoms with van der Waals surface area (Å²) < 4.78 is 0. The van der Waals surface area contributed by atoms with E-state index in [0.29, 0.717) is 17.9 Å². The Morgan fingerprint density at radius 2 is 2.06 bits per heavy atom. The van der Waals surface area contributed by atoms with Gasteiger partial charge in [-0.15, -0.1) is 0 Å². The molecule has 0 bridgehead atoms. The summed E-state index contributed by atoms with van der Waals surface area (Å²) in [5.41, 5.74) is 7.76. The van der Waals surface area contributed by atoms with Crippen LogP contribution in [0.2, 0.25) is 0 Å². The van der Waals surface area contributed by atoms with Gasteiger partial charge in [-0.1, -0.05) is 38.7 Å². The molecule has 2 heteroatoms. The van der Waals surface area contributed by atoms with Crippen LogP contribution in [0.1, 0.15) is 63.5 Å². The van der Waals surface area contributed by atoms with Crippen LogP contribution in [0.4, 0.5) is 0 Å². The van der Waals surface area contributed by atoms with Crippen molar-refractivity contribution in [2.75, 3.05) is 0 Å². The van der Waals surface area contributed by atoms with Crippen LogP contribution in [-0.2, 0) is 0 Å². The van der Waals surface area contributed by atoms with E-state index in [1.54, 1.807) is 0 Å². The van der Waals surface area contributed by atoms with E-state index in [1.807, 2.05) is 12.3 Å². The van der Waals surface area contributed by atoms with E-state index >= 15 is 0 Å². The van der Waals surface area contributed by atoms with Gasteiger partial charge in [-0.2, -0.15) is 0 Å². The Bertz CT molecular complexity index is 330. The summed E-state index contributed by atoms with van der Waals surface area (Å²) in [7, 11) is 0. The zero-order valence-corrected chi connectivity index (χ0v) is 11.5. The van der Waals surface area contributed by atoms with Crippen molar-refractivity contribution in [3.8, 4) is 0 Å². The van der Waals surface area contributed by atoms with Gasteiger partial charge in [0.15, 0.2) is 0 Å². The molecule has 0 aliphatic heterocycles. The predicted octanol–water partition coefficient (Wildman–Crippen LogP) is 3.87. The van der Waals surface area contributed by atoms with Crippen LogP contribution in [0.25, 0.3) is 0 Å². The predicted molar refractivity (Wildman–Crippen MR) is 76.4 cm³/mol. The van der Waals surface area contributed by atoms with Gasteiger partial charge in [0.05, 0.1) is 0 Å². The molecule has 100 valence electrons. The Balaban J connectivity index is 2.08. The zero-order valence-electron chi connectivity index (χ0n) is 11.5. The summed E-state index contributed by atoms with van der Waals surface area (Å²) in [6.07, 6.45) is 11.0. The molecule has 2 atom stereocenters. The van der Waals surface area contributed by atoms with E-state index in [9.17, 15) is 0 Å². The summed E-state index contributed by atoms with van der Waals surface area (Å²) in [6, 6.07) is 6.50. The molecule has 1 aliphatic rings. The highest BCUT2D eigenvalue weighted by Gasteiger charge is 2.28. The summed E-state index contributed by atoms with van der Waals surface area (Å²) in [5.74, 6) is 1.15. The molecule has 1 saturated carbocycles. The lowest BCUT2D eigenvalue weighted by atomic mass is 9.76. The molecule has 18 heavy (non-hydrogen) atoms. The molecule has 0 aromatic carbocycles. The standard InChI is InChI=1S/C16H26N2/c1-2-8-14(15-11-6-7-12-18-15)16(17)13-9-4-3-5-10-13/h6-7,11-14,16H,2-5,8-10,17H2,1H3. The molecule has 0 radical (unpaired) electrons. The van der Waals surface area contributed by atoms with Crippen molar-refractivity contribution in [3.63, 3.8) is 0 Å². The highest BCUT2D eigenvalue weighted by Crippen LogP contribution is 2.33. The second-order valence-corrected chi connectivity index (χ2v) is 5.63. The Kier molecular flexibility index (Phi) is 5.18. The normalized spacial score (nSPS) is 20.6. The molecular formula is C16H26N2. The average Bonchev–Trinajstić information content (AvgIpc) is 2.46. The van der Waals surface area contributed by atoms with Crippen LogP contribution >= 0.6 is 0 Å². The fraction of sp³-hybridized carbons (Fsp3) is 0.688. The number of hydrogen-bond acceptors (Lipinski definition) is 2. The van der Waals surface area contributed by atoms with E-state index in [2.05, 4.69) is 24.0 Å². The summed E-state index contributed by atoms with van der Waals surface area (Å²) in [6.45, 7) is 2.24. The lowest BCUT2D eigenvalue weighted by Crippen LogP contribution is -2.37. The Labute approximate surface area is 111 Å². The van der Waals surface area contributed by atoms with Crippen LogP contribution in [-0.4, -0.2) is 11.0 Å². The Morgan fingerprint density at radius 3 is 2.67 bits per heavy atom. The highest BCUT2D eigenvalue weighted by atomic mass is 14.7. The number of nitrogens with zero attached hydrogens (tertiary/aromatic N) is 1. The van der Waals surface area contributed by atoms with Gasteiger partial charge in [0.1, 0.15) is 0 Å². The third-order valence-electron chi connectivity index (χ3n) is 4.33. The quantitative estimate of drug-likeness (QED) is 0.856. The van der Waals surface area contributed by atoms with Gasteiger partial charge in [-0.05, 0) is 37.3 Å². The summed E-state index contributed by atoms with van der Waals surface area (Å²) in [4.78, 5) is 4.53. The molecule has 1 aromatic heterocycles. The molecule has 1 aromatic rings. The minimum atomic E-state index is 0.292. The van der Waals surface area contributed by atoms with Crippen molar-refractivity contribution in [1.82, 2.24) is 4.98 Å². The Morgan fingerprint density at radius 1 is 1.28 bits per heavy atom. The SMILES string of the molecule is CCCC(c1ccccn1)C(N)C1CCCCC1. The van der Waals surface area contributed by atoms with Gasteiger partial charge < -0.3 is 5.73 Å². The van der Waals surface area contributed by atoms with Crippen LogP contribution in [0.5, 0.6) is 0 Å². The van der Waals surface area contributed by atoms with Crippen molar-refractivity contribution in [3.05, 3.63) is 30.1 Å². The average molecular weight is 246 g/mol. The second kappa shape index (κ2) is 6.89. The van der Waals surface area contributed by atoms with Crippen molar-refractivity contribution >= 4 is 0 Å². The number of pyridine rings is 1. The maximum atomic E-state index is 6.57. The molecule has 1 heterocycles. The van der Waals surface area contributed by atoms with Gasteiger partial charge >= 0.3 is 0 Å². The first kappa shape index (κ1) is 13.5. The largest absolute Gasteiger partial charge is 0.327 e. The molecule has 0 spiro atoms. The molecule has 2 unspecified atom stereocenters. The first-order valence-electron chi connectivity index (χ1n) is 7.49. The van der Waals surface area contributed by atoms with E-state index in [1.165, 1.54) is 44.2 Å². The summed E-state index contributed by atoms with van der Waals surface area (Å²) >= 11 is 0. The van der Waals surface area contributed by atoms with Gasteiger partial charge in [-0.3, -0.25) is 4.98 Å². The van der Waals surface area contributed by atoms with Crippen molar-refractivity contribution < 1.29 is 0 Å². The Hall–Kier alpha value is -0.890. The van der Waals surface area contributed by atoms with E-state index in [-0.39, 0.29) is 0 Å². The topological polar surface area (TPSA) is 38.9 Å². The van der Waals surface area contributed by atoms with Gasteiger partial charge in [-0.25, -0.2) is 0 Å². The van der Waals surface area contributed by atoms with Gasteiger partial charge in [0.25, 0.3) is 0 Å². The lowest BCUT2D eigenvalue weighted by Gasteiger charge is -2.33. The van der Waals surface area contributed by atoms with E-state index < -0.39 is 0 Å². The van der Waals surface area contributed by atoms with Crippen LogP contribution in [0, 0.1) is 5.92 Å².